The van der Waals surface area contributed by atoms with E-state index in [0.717, 1.165) is 11.4 Å². The molecule has 0 saturated carbocycles. The summed E-state index contributed by atoms with van der Waals surface area (Å²) in [6, 6.07) is 19.7. The Morgan fingerprint density at radius 3 is 2.26 bits per heavy atom. The largest absolute Gasteiger partial charge is 0.325 e. The standard InChI is InChI=1S/C16H17NOS/c1-13(19-12-14-8-4-2-5-9-14)16(18)17-15-10-6-3-7-11-15/h2-11,13H,12H2,1H3,(H,17,18)/t13-/m0/s1. The molecule has 1 N–H and O–H groups in total. The summed E-state index contributed by atoms with van der Waals surface area (Å²) in [5.41, 5.74) is 2.09. The van der Waals surface area contributed by atoms with Crippen molar-refractivity contribution in [2.24, 2.45) is 0 Å². The van der Waals surface area contributed by atoms with Crippen molar-refractivity contribution in [2.75, 3.05) is 5.32 Å². The van der Waals surface area contributed by atoms with E-state index in [1.54, 1.807) is 11.8 Å². The van der Waals surface area contributed by atoms with Gasteiger partial charge in [-0.25, -0.2) is 0 Å². The molecule has 2 aromatic carbocycles. The van der Waals surface area contributed by atoms with Crippen molar-refractivity contribution in [3.63, 3.8) is 0 Å². The van der Waals surface area contributed by atoms with Crippen molar-refractivity contribution in [2.45, 2.75) is 17.9 Å². The van der Waals surface area contributed by atoms with E-state index in [1.165, 1.54) is 5.56 Å². The first-order valence-corrected chi connectivity index (χ1v) is 7.32. The van der Waals surface area contributed by atoms with Crippen molar-refractivity contribution in [1.82, 2.24) is 0 Å². The van der Waals surface area contributed by atoms with Crippen LogP contribution in [0.1, 0.15) is 12.5 Å². The summed E-state index contributed by atoms with van der Waals surface area (Å²) < 4.78 is 0. The van der Waals surface area contributed by atoms with E-state index in [9.17, 15) is 4.79 Å². The van der Waals surface area contributed by atoms with Gasteiger partial charge in [-0.1, -0.05) is 48.5 Å². The third kappa shape index (κ3) is 4.45. The molecule has 0 aliphatic heterocycles. The first-order valence-electron chi connectivity index (χ1n) is 6.27. The van der Waals surface area contributed by atoms with Gasteiger partial charge >= 0.3 is 0 Å². The van der Waals surface area contributed by atoms with Gasteiger partial charge in [0.05, 0.1) is 5.25 Å². The van der Waals surface area contributed by atoms with Crippen LogP contribution in [0.5, 0.6) is 0 Å². The molecule has 0 saturated heterocycles. The number of benzene rings is 2. The zero-order chi connectivity index (χ0) is 13.5. The van der Waals surface area contributed by atoms with Crippen molar-refractivity contribution in [3.8, 4) is 0 Å². The minimum Gasteiger partial charge on any atom is -0.325 e. The van der Waals surface area contributed by atoms with Crippen LogP contribution in [0.25, 0.3) is 0 Å². The molecular formula is C16H17NOS. The molecule has 19 heavy (non-hydrogen) atoms. The Kier molecular flexibility index (Phi) is 5.04. The summed E-state index contributed by atoms with van der Waals surface area (Å²) >= 11 is 1.64. The molecule has 1 atom stereocenters. The fourth-order valence-electron chi connectivity index (χ4n) is 1.64. The number of carbonyl (C=O) groups is 1. The molecule has 2 rings (SSSR count). The number of para-hydroxylation sites is 1. The molecule has 0 spiro atoms. The van der Waals surface area contributed by atoms with Gasteiger partial charge in [0.25, 0.3) is 0 Å². The maximum atomic E-state index is 12.0. The third-order valence-corrected chi connectivity index (χ3v) is 3.97. The van der Waals surface area contributed by atoms with E-state index in [1.807, 2.05) is 55.5 Å². The van der Waals surface area contributed by atoms with Crippen LogP contribution in [-0.2, 0) is 10.5 Å². The zero-order valence-electron chi connectivity index (χ0n) is 10.9. The number of nitrogens with one attached hydrogen (secondary N) is 1. The Morgan fingerprint density at radius 1 is 1.05 bits per heavy atom. The van der Waals surface area contributed by atoms with Gasteiger partial charge < -0.3 is 5.32 Å². The molecule has 0 aromatic heterocycles. The average molecular weight is 271 g/mol. The fraction of sp³-hybridized carbons (Fsp3) is 0.188. The number of anilines is 1. The Hall–Kier alpha value is -1.74. The van der Waals surface area contributed by atoms with Gasteiger partial charge in [-0.3, -0.25) is 4.79 Å². The second kappa shape index (κ2) is 7.00. The summed E-state index contributed by atoms with van der Waals surface area (Å²) in [5, 5.41) is 2.85. The highest BCUT2D eigenvalue weighted by molar-refractivity contribution is 7.99. The van der Waals surface area contributed by atoms with Gasteiger partial charge in [-0.2, -0.15) is 0 Å². The van der Waals surface area contributed by atoms with E-state index in [0.29, 0.717) is 0 Å². The van der Waals surface area contributed by atoms with Gasteiger partial charge in [0.1, 0.15) is 0 Å². The summed E-state index contributed by atoms with van der Waals surface area (Å²) in [6.45, 7) is 1.94. The topological polar surface area (TPSA) is 29.1 Å². The van der Waals surface area contributed by atoms with Crippen LogP contribution >= 0.6 is 11.8 Å². The SMILES string of the molecule is C[C@H](SCc1ccccc1)C(=O)Nc1ccccc1. The first kappa shape index (κ1) is 13.7. The Bertz CT molecular complexity index is 513. The van der Waals surface area contributed by atoms with Gasteiger partial charge in [0, 0.05) is 11.4 Å². The van der Waals surface area contributed by atoms with Crippen LogP contribution < -0.4 is 5.32 Å². The molecular weight excluding hydrogens is 254 g/mol. The number of thioether (sulfide) groups is 1. The minimum atomic E-state index is -0.0691. The molecule has 3 heteroatoms. The fourth-order valence-corrected chi connectivity index (χ4v) is 2.48. The van der Waals surface area contributed by atoms with Crippen LogP contribution in [0.15, 0.2) is 60.7 Å². The molecule has 0 aliphatic carbocycles. The third-order valence-electron chi connectivity index (χ3n) is 2.75. The van der Waals surface area contributed by atoms with E-state index in [-0.39, 0.29) is 11.2 Å². The lowest BCUT2D eigenvalue weighted by Gasteiger charge is -2.12. The predicted molar refractivity (Wildman–Crippen MR) is 82.3 cm³/mol. The van der Waals surface area contributed by atoms with Crippen molar-refractivity contribution in [1.29, 1.82) is 0 Å². The second-order valence-corrected chi connectivity index (χ2v) is 5.62. The predicted octanol–water partition coefficient (Wildman–Crippen LogP) is 3.95. The molecule has 98 valence electrons. The number of hydrogen-bond donors (Lipinski definition) is 1. The molecule has 2 nitrogen and oxygen atoms in total. The zero-order valence-corrected chi connectivity index (χ0v) is 11.7. The van der Waals surface area contributed by atoms with Gasteiger partial charge in [-0.05, 0) is 24.6 Å². The number of amides is 1. The van der Waals surface area contributed by atoms with Crippen LogP contribution in [-0.4, -0.2) is 11.2 Å². The highest BCUT2D eigenvalue weighted by atomic mass is 32.2. The second-order valence-electron chi connectivity index (χ2n) is 4.29. The Labute approximate surface area is 118 Å². The first-order chi connectivity index (χ1) is 9.25. The highest BCUT2D eigenvalue weighted by Gasteiger charge is 2.13. The Balaban J connectivity index is 1.83. The lowest BCUT2D eigenvalue weighted by molar-refractivity contribution is -0.115. The number of rotatable bonds is 5. The monoisotopic (exact) mass is 271 g/mol. The van der Waals surface area contributed by atoms with Gasteiger partial charge in [-0.15, -0.1) is 11.8 Å². The lowest BCUT2D eigenvalue weighted by atomic mass is 10.2. The highest BCUT2D eigenvalue weighted by Crippen LogP contribution is 2.19. The van der Waals surface area contributed by atoms with E-state index >= 15 is 0 Å². The molecule has 0 bridgehead atoms. The summed E-state index contributed by atoms with van der Waals surface area (Å²) in [7, 11) is 0. The van der Waals surface area contributed by atoms with Crippen LogP contribution in [0.2, 0.25) is 0 Å². The van der Waals surface area contributed by atoms with Crippen LogP contribution in [0.3, 0.4) is 0 Å². The molecule has 0 radical (unpaired) electrons. The van der Waals surface area contributed by atoms with Crippen LogP contribution in [0.4, 0.5) is 5.69 Å². The average Bonchev–Trinajstić information content (AvgIpc) is 2.47. The summed E-state index contributed by atoms with van der Waals surface area (Å²) in [4.78, 5) is 12.0. The van der Waals surface area contributed by atoms with Gasteiger partial charge in [0.15, 0.2) is 0 Å². The lowest BCUT2D eigenvalue weighted by Crippen LogP contribution is -2.22. The van der Waals surface area contributed by atoms with Gasteiger partial charge in [0.2, 0.25) is 5.91 Å². The maximum Gasteiger partial charge on any atom is 0.237 e. The van der Waals surface area contributed by atoms with Crippen LogP contribution in [0, 0.1) is 0 Å². The van der Waals surface area contributed by atoms with E-state index in [4.69, 9.17) is 0 Å². The molecule has 0 heterocycles. The number of hydrogen-bond acceptors (Lipinski definition) is 2. The maximum absolute atomic E-state index is 12.0. The smallest absolute Gasteiger partial charge is 0.237 e. The van der Waals surface area contributed by atoms with Crippen molar-refractivity contribution >= 4 is 23.4 Å². The molecule has 0 aliphatic rings. The molecule has 0 fully saturated rings. The van der Waals surface area contributed by atoms with Crippen molar-refractivity contribution in [3.05, 3.63) is 66.2 Å². The van der Waals surface area contributed by atoms with E-state index < -0.39 is 0 Å². The minimum absolute atomic E-state index is 0.0483. The van der Waals surface area contributed by atoms with Crippen molar-refractivity contribution < 1.29 is 4.79 Å². The Morgan fingerprint density at radius 2 is 1.63 bits per heavy atom. The molecule has 0 unspecified atom stereocenters. The number of carbonyl (C=O) groups excluding carboxylic acids is 1. The summed E-state index contributed by atoms with van der Waals surface area (Å²) in [6.07, 6.45) is 0. The van der Waals surface area contributed by atoms with E-state index in [2.05, 4.69) is 17.4 Å². The molecule has 1 amide bonds. The normalized spacial score (nSPS) is 11.8. The summed E-state index contributed by atoms with van der Waals surface area (Å²) in [5.74, 6) is 0.900. The quantitative estimate of drug-likeness (QED) is 0.892. The molecule has 2 aromatic rings.